The predicted molar refractivity (Wildman–Crippen MR) is 232 cm³/mol. The average Bonchev–Trinajstić information content (AvgIpc) is 3.81. The summed E-state index contributed by atoms with van der Waals surface area (Å²) in [6, 6.07) is 71.8. The maximum Gasteiger partial charge on any atom is 0.160 e. The van der Waals surface area contributed by atoms with Crippen molar-refractivity contribution < 1.29 is 0 Å². The Hall–Kier alpha value is -7.36. The first-order valence-corrected chi connectivity index (χ1v) is 19.2. The minimum atomic E-state index is 0.727. The SMILES string of the molecule is c1ccc(-c2ccc3c(c2)c2cc(-c4ccc5c(c4)-c4cc(-c6cc(-c7ccccc7)nc(-c7ccccc7)n6)ccc4C5)ccc2n3-c2ccccc2)cc1. The predicted octanol–water partition coefficient (Wildman–Crippen LogP) is 13.5. The number of nitrogens with zero attached hydrogens (tertiary/aromatic N) is 3. The van der Waals surface area contributed by atoms with Gasteiger partial charge in [-0.05, 0) is 106 Å². The fraction of sp³-hybridized carbons (Fsp3) is 0.0189. The van der Waals surface area contributed by atoms with E-state index in [0.717, 1.165) is 46.0 Å². The summed E-state index contributed by atoms with van der Waals surface area (Å²) in [5.74, 6) is 0.727. The van der Waals surface area contributed by atoms with Crippen LogP contribution in [0.4, 0.5) is 0 Å². The molecule has 11 rings (SSSR count). The lowest BCUT2D eigenvalue weighted by Gasteiger charge is -2.11. The number of benzene rings is 8. The Morgan fingerprint density at radius 1 is 0.339 bits per heavy atom. The van der Waals surface area contributed by atoms with Crippen molar-refractivity contribution >= 4 is 21.8 Å². The van der Waals surface area contributed by atoms with Crippen molar-refractivity contribution in [3.63, 3.8) is 0 Å². The lowest BCUT2D eigenvalue weighted by molar-refractivity contribution is 1.18. The molecular formula is C53H35N3. The summed E-state index contributed by atoms with van der Waals surface area (Å²) < 4.78 is 2.39. The van der Waals surface area contributed by atoms with Crippen LogP contribution in [0.2, 0.25) is 0 Å². The van der Waals surface area contributed by atoms with E-state index in [2.05, 4.69) is 180 Å². The number of aromatic nitrogens is 3. The molecule has 3 nitrogen and oxygen atoms in total. The molecule has 0 amide bonds. The summed E-state index contributed by atoms with van der Waals surface area (Å²) in [6.07, 6.45) is 0.922. The third-order valence-electron chi connectivity index (χ3n) is 11.2. The Balaban J connectivity index is 1.03. The van der Waals surface area contributed by atoms with Crippen LogP contribution in [0.1, 0.15) is 11.1 Å². The van der Waals surface area contributed by atoms with Crippen LogP contribution in [0, 0.1) is 0 Å². The van der Waals surface area contributed by atoms with Crippen LogP contribution < -0.4 is 0 Å². The Morgan fingerprint density at radius 3 is 1.39 bits per heavy atom. The van der Waals surface area contributed by atoms with Crippen molar-refractivity contribution in [1.82, 2.24) is 14.5 Å². The molecule has 10 aromatic rings. The van der Waals surface area contributed by atoms with Gasteiger partial charge in [0.05, 0.1) is 22.4 Å². The van der Waals surface area contributed by atoms with Crippen LogP contribution in [-0.4, -0.2) is 14.5 Å². The normalized spacial score (nSPS) is 11.9. The Morgan fingerprint density at radius 2 is 0.786 bits per heavy atom. The maximum absolute atomic E-state index is 5.14. The molecule has 0 saturated carbocycles. The van der Waals surface area contributed by atoms with Crippen molar-refractivity contribution in [2.45, 2.75) is 6.42 Å². The standard InChI is InChI=1S/C53H35N3/c1-5-13-35(14-6-1)38-25-27-51-47(31-38)48-32-40(26-28-52(48)56(51)44-19-11-4-12-20-44)39-21-22-41-29-42-23-24-43(33-46(42)45(41)30-39)50-34-49(36-15-7-2-8-16-36)54-53(55-50)37-17-9-3-10-18-37/h1-28,30-34H,29H2. The molecule has 262 valence electrons. The van der Waals surface area contributed by atoms with E-state index in [1.54, 1.807) is 0 Å². The van der Waals surface area contributed by atoms with E-state index in [0.29, 0.717) is 0 Å². The highest BCUT2D eigenvalue weighted by Gasteiger charge is 2.22. The van der Waals surface area contributed by atoms with Gasteiger partial charge < -0.3 is 4.57 Å². The van der Waals surface area contributed by atoms with Crippen LogP contribution in [0.3, 0.4) is 0 Å². The third-order valence-corrected chi connectivity index (χ3v) is 11.2. The first-order chi connectivity index (χ1) is 27.7. The van der Waals surface area contributed by atoms with Crippen LogP contribution in [-0.2, 0) is 6.42 Å². The Kier molecular flexibility index (Phi) is 7.56. The molecule has 0 aliphatic heterocycles. The summed E-state index contributed by atoms with van der Waals surface area (Å²) in [6.45, 7) is 0. The minimum Gasteiger partial charge on any atom is -0.309 e. The average molecular weight is 714 g/mol. The molecule has 0 bridgehead atoms. The summed E-state index contributed by atoms with van der Waals surface area (Å²) in [5, 5.41) is 2.49. The third kappa shape index (κ3) is 5.52. The lowest BCUT2D eigenvalue weighted by atomic mass is 9.96. The van der Waals surface area contributed by atoms with Gasteiger partial charge >= 0.3 is 0 Å². The van der Waals surface area contributed by atoms with E-state index in [9.17, 15) is 0 Å². The van der Waals surface area contributed by atoms with E-state index in [4.69, 9.17) is 9.97 Å². The van der Waals surface area contributed by atoms with Gasteiger partial charge in [0, 0.05) is 33.2 Å². The summed E-state index contributed by atoms with van der Waals surface area (Å²) in [7, 11) is 0. The summed E-state index contributed by atoms with van der Waals surface area (Å²) in [4.78, 5) is 10.2. The highest BCUT2D eigenvalue weighted by Crippen LogP contribution is 2.43. The van der Waals surface area contributed by atoms with Gasteiger partial charge in [-0.15, -0.1) is 0 Å². The molecule has 0 unspecified atom stereocenters. The van der Waals surface area contributed by atoms with Gasteiger partial charge in [-0.1, -0.05) is 146 Å². The smallest absolute Gasteiger partial charge is 0.160 e. The molecule has 8 aromatic carbocycles. The zero-order valence-electron chi connectivity index (χ0n) is 30.6. The van der Waals surface area contributed by atoms with Crippen LogP contribution >= 0.6 is 0 Å². The molecular weight excluding hydrogens is 679 g/mol. The molecule has 1 aliphatic rings. The van der Waals surface area contributed by atoms with Crippen LogP contribution in [0.25, 0.3) is 94.8 Å². The molecule has 0 fully saturated rings. The largest absolute Gasteiger partial charge is 0.309 e. The highest BCUT2D eigenvalue weighted by molar-refractivity contribution is 6.11. The number of hydrogen-bond acceptors (Lipinski definition) is 2. The van der Waals surface area contributed by atoms with Crippen molar-refractivity contribution in [2.24, 2.45) is 0 Å². The summed E-state index contributed by atoms with van der Waals surface area (Å²) >= 11 is 0. The second-order valence-electron chi connectivity index (χ2n) is 14.6. The Bertz CT molecular complexity index is 3020. The molecule has 2 heterocycles. The number of para-hydroxylation sites is 1. The summed E-state index contributed by atoms with van der Waals surface area (Å²) in [5.41, 5.74) is 18.7. The van der Waals surface area contributed by atoms with Gasteiger partial charge in [-0.3, -0.25) is 0 Å². The first-order valence-electron chi connectivity index (χ1n) is 19.2. The fourth-order valence-corrected chi connectivity index (χ4v) is 8.44. The molecule has 0 spiro atoms. The maximum atomic E-state index is 5.14. The lowest BCUT2D eigenvalue weighted by Crippen LogP contribution is -1.96. The zero-order chi connectivity index (χ0) is 37.0. The van der Waals surface area contributed by atoms with E-state index < -0.39 is 0 Å². The molecule has 56 heavy (non-hydrogen) atoms. The van der Waals surface area contributed by atoms with Crippen molar-refractivity contribution in [3.05, 3.63) is 211 Å². The van der Waals surface area contributed by atoms with Crippen molar-refractivity contribution in [1.29, 1.82) is 0 Å². The van der Waals surface area contributed by atoms with Gasteiger partial charge in [0.1, 0.15) is 0 Å². The number of fused-ring (bicyclic) bond motifs is 6. The number of hydrogen-bond donors (Lipinski definition) is 0. The zero-order valence-corrected chi connectivity index (χ0v) is 30.6. The first kappa shape index (κ1) is 32.1. The van der Waals surface area contributed by atoms with Gasteiger partial charge in [-0.2, -0.15) is 0 Å². The van der Waals surface area contributed by atoms with Gasteiger partial charge in [0.2, 0.25) is 0 Å². The second kappa shape index (κ2) is 13.2. The number of rotatable bonds is 6. The monoisotopic (exact) mass is 713 g/mol. The van der Waals surface area contributed by atoms with Gasteiger partial charge in [-0.25, -0.2) is 9.97 Å². The van der Waals surface area contributed by atoms with Crippen LogP contribution in [0.5, 0.6) is 0 Å². The van der Waals surface area contributed by atoms with Crippen molar-refractivity contribution in [3.8, 4) is 73.0 Å². The fourth-order valence-electron chi connectivity index (χ4n) is 8.44. The molecule has 1 aliphatic carbocycles. The van der Waals surface area contributed by atoms with E-state index in [-0.39, 0.29) is 0 Å². The Labute approximate surface area is 325 Å². The molecule has 0 saturated heterocycles. The van der Waals surface area contributed by atoms with Crippen LogP contribution in [0.15, 0.2) is 200 Å². The molecule has 0 radical (unpaired) electrons. The molecule has 0 atom stereocenters. The highest BCUT2D eigenvalue weighted by atomic mass is 15.0. The second-order valence-corrected chi connectivity index (χ2v) is 14.6. The molecule has 0 N–H and O–H groups in total. The molecule has 3 heteroatoms. The van der Waals surface area contributed by atoms with Gasteiger partial charge in [0.15, 0.2) is 5.82 Å². The van der Waals surface area contributed by atoms with E-state index in [1.807, 2.05) is 24.3 Å². The van der Waals surface area contributed by atoms with Gasteiger partial charge in [0.25, 0.3) is 0 Å². The minimum absolute atomic E-state index is 0.727. The van der Waals surface area contributed by atoms with Crippen molar-refractivity contribution in [2.75, 3.05) is 0 Å². The topological polar surface area (TPSA) is 30.7 Å². The quantitative estimate of drug-likeness (QED) is 0.172. The van der Waals surface area contributed by atoms with E-state index in [1.165, 1.54) is 66.3 Å². The molecule has 2 aromatic heterocycles. The van der Waals surface area contributed by atoms with E-state index >= 15 is 0 Å².